The van der Waals surface area contributed by atoms with Crippen molar-refractivity contribution in [1.29, 1.82) is 0 Å². The molecule has 0 bridgehead atoms. The third-order valence-electron chi connectivity index (χ3n) is 12.6. The molecule has 0 spiro atoms. The van der Waals surface area contributed by atoms with Crippen LogP contribution in [0.5, 0.6) is 0 Å². The molecule has 0 aromatic heterocycles. The monoisotopic (exact) mass is 975 g/mol. The fourth-order valence-corrected chi connectivity index (χ4v) is 8.21. The maximum absolute atomic E-state index is 12.8. The zero-order valence-corrected chi connectivity index (χ0v) is 46.0. The standard InChI is InChI=1S/C64H110O6/c1-4-7-10-13-16-18-20-22-24-26-27-28-29-30-31-32-33-34-35-36-37-39-40-42-44-46-48-51-54-57-63(66)69-60-61(59-68-62(65)56-53-50-15-12-9-6-3)70-64(67)58-55-52-49-47-45-43-41-38-25-23-21-19-17-14-11-8-5-2/h7,10,16-19,22-25,27-28,30-31,61H,4-6,8-9,11-15,20-21,26,29,32-60H2,1-3H3/b10-7-,18-16-,19-17-,24-22-,25-23-,28-27-,31-30-. The fourth-order valence-electron chi connectivity index (χ4n) is 8.21. The molecule has 0 fully saturated rings. The van der Waals surface area contributed by atoms with Crippen molar-refractivity contribution < 1.29 is 28.6 Å². The van der Waals surface area contributed by atoms with Gasteiger partial charge in [0.25, 0.3) is 0 Å². The zero-order valence-electron chi connectivity index (χ0n) is 46.0. The van der Waals surface area contributed by atoms with Gasteiger partial charge in [-0.05, 0) is 96.3 Å². The highest BCUT2D eigenvalue weighted by Crippen LogP contribution is 2.16. The van der Waals surface area contributed by atoms with E-state index in [0.29, 0.717) is 19.3 Å². The Labute approximate surface area is 433 Å². The highest BCUT2D eigenvalue weighted by atomic mass is 16.6. The Bertz CT molecular complexity index is 1350. The number of ether oxygens (including phenoxy) is 3. The van der Waals surface area contributed by atoms with Crippen molar-refractivity contribution in [3.05, 3.63) is 85.1 Å². The maximum atomic E-state index is 12.8. The largest absolute Gasteiger partial charge is 0.462 e. The molecule has 0 aliphatic carbocycles. The van der Waals surface area contributed by atoms with E-state index in [1.165, 1.54) is 141 Å². The summed E-state index contributed by atoms with van der Waals surface area (Å²) < 4.78 is 16.8. The van der Waals surface area contributed by atoms with E-state index in [2.05, 4.69) is 106 Å². The SMILES string of the molecule is CC/C=C\C/C=C\C/C=C\C/C=C\C/C=C\CCCCCCCCCCCCCCCC(=O)OCC(COC(=O)CCCCCCCC)OC(=O)CCCCCCCCC/C=C\C/C=C\CCCCC. The predicted octanol–water partition coefficient (Wildman–Crippen LogP) is 19.9. The molecule has 6 heteroatoms. The second-order valence-corrected chi connectivity index (χ2v) is 19.5. The molecule has 0 N–H and O–H groups in total. The second kappa shape index (κ2) is 58.2. The summed E-state index contributed by atoms with van der Waals surface area (Å²) in [4.78, 5) is 37.9. The first-order valence-corrected chi connectivity index (χ1v) is 29.6. The number of rotatable bonds is 53. The van der Waals surface area contributed by atoms with E-state index in [0.717, 1.165) is 103 Å². The smallest absolute Gasteiger partial charge is 0.306 e. The molecule has 1 atom stereocenters. The van der Waals surface area contributed by atoms with Crippen LogP contribution in [0.2, 0.25) is 0 Å². The van der Waals surface area contributed by atoms with Gasteiger partial charge in [0.2, 0.25) is 0 Å². The lowest BCUT2D eigenvalue weighted by Gasteiger charge is -2.18. The lowest BCUT2D eigenvalue weighted by atomic mass is 10.0. The molecule has 402 valence electrons. The summed E-state index contributed by atoms with van der Waals surface area (Å²) in [5, 5.41) is 0. The van der Waals surface area contributed by atoms with Crippen molar-refractivity contribution in [3.8, 4) is 0 Å². The third-order valence-corrected chi connectivity index (χ3v) is 12.6. The molecule has 70 heavy (non-hydrogen) atoms. The highest BCUT2D eigenvalue weighted by molar-refractivity contribution is 5.71. The Morgan fingerprint density at radius 1 is 0.300 bits per heavy atom. The first-order chi connectivity index (χ1) is 34.5. The van der Waals surface area contributed by atoms with E-state index in [1.54, 1.807) is 0 Å². The lowest BCUT2D eigenvalue weighted by Crippen LogP contribution is -2.30. The van der Waals surface area contributed by atoms with Crippen LogP contribution in [0, 0.1) is 0 Å². The van der Waals surface area contributed by atoms with Crippen molar-refractivity contribution in [2.45, 2.75) is 290 Å². The van der Waals surface area contributed by atoms with Crippen LogP contribution in [-0.2, 0) is 28.6 Å². The minimum atomic E-state index is -0.777. The van der Waals surface area contributed by atoms with Crippen molar-refractivity contribution in [1.82, 2.24) is 0 Å². The molecule has 0 amide bonds. The summed E-state index contributed by atoms with van der Waals surface area (Å²) >= 11 is 0. The van der Waals surface area contributed by atoms with Gasteiger partial charge in [0.1, 0.15) is 13.2 Å². The van der Waals surface area contributed by atoms with Gasteiger partial charge in [0.15, 0.2) is 6.10 Å². The molecule has 0 saturated carbocycles. The summed E-state index contributed by atoms with van der Waals surface area (Å²) in [7, 11) is 0. The van der Waals surface area contributed by atoms with Crippen LogP contribution < -0.4 is 0 Å². The van der Waals surface area contributed by atoms with Gasteiger partial charge >= 0.3 is 17.9 Å². The molecule has 1 unspecified atom stereocenters. The minimum Gasteiger partial charge on any atom is -0.462 e. The number of hydrogen-bond acceptors (Lipinski definition) is 6. The Balaban J connectivity index is 4.08. The number of esters is 3. The summed E-state index contributed by atoms with van der Waals surface area (Å²) in [6, 6.07) is 0. The third kappa shape index (κ3) is 55.5. The van der Waals surface area contributed by atoms with Gasteiger partial charge in [-0.25, -0.2) is 0 Å². The van der Waals surface area contributed by atoms with Gasteiger partial charge in [0.05, 0.1) is 0 Å². The Kier molecular flexibility index (Phi) is 55.3. The molecule has 0 aromatic carbocycles. The van der Waals surface area contributed by atoms with Crippen molar-refractivity contribution in [2.75, 3.05) is 13.2 Å². The molecule has 0 radical (unpaired) electrons. The maximum Gasteiger partial charge on any atom is 0.306 e. The topological polar surface area (TPSA) is 78.9 Å². The van der Waals surface area contributed by atoms with E-state index < -0.39 is 6.10 Å². The summed E-state index contributed by atoms with van der Waals surface area (Å²) in [6.45, 7) is 6.45. The molecule has 0 aliphatic heterocycles. The lowest BCUT2D eigenvalue weighted by molar-refractivity contribution is -0.167. The van der Waals surface area contributed by atoms with Gasteiger partial charge in [-0.3, -0.25) is 14.4 Å². The summed E-state index contributed by atoms with van der Waals surface area (Å²) in [5.41, 5.74) is 0. The van der Waals surface area contributed by atoms with E-state index in [1.807, 2.05) is 0 Å². The molecule has 0 heterocycles. The first-order valence-electron chi connectivity index (χ1n) is 29.6. The van der Waals surface area contributed by atoms with Crippen molar-refractivity contribution in [3.63, 3.8) is 0 Å². The molecule has 0 aromatic rings. The number of unbranched alkanes of at least 4 members (excludes halogenated alkanes) is 28. The molecule has 6 nitrogen and oxygen atoms in total. The van der Waals surface area contributed by atoms with Crippen LogP contribution in [0.3, 0.4) is 0 Å². The molecular formula is C64H110O6. The average molecular weight is 976 g/mol. The Hall–Kier alpha value is -3.41. The number of allylic oxidation sites excluding steroid dienone is 14. The van der Waals surface area contributed by atoms with E-state index in [4.69, 9.17) is 14.2 Å². The quantitative estimate of drug-likeness (QED) is 0.0261. The van der Waals surface area contributed by atoms with Crippen molar-refractivity contribution in [2.24, 2.45) is 0 Å². The van der Waals surface area contributed by atoms with Gasteiger partial charge in [-0.15, -0.1) is 0 Å². The fraction of sp³-hybridized carbons (Fsp3) is 0.734. The van der Waals surface area contributed by atoms with Crippen LogP contribution in [-0.4, -0.2) is 37.2 Å². The number of carbonyl (C=O) groups is 3. The first kappa shape index (κ1) is 66.6. The van der Waals surface area contributed by atoms with Gasteiger partial charge in [-0.1, -0.05) is 254 Å². The predicted molar refractivity (Wildman–Crippen MR) is 302 cm³/mol. The van der Waals surface area contributed by atoms with Gasteiger partial charge in [0, 0.05) is 19.3 Å². The highest BCUT2D eigenvalue weighted by Gasteiger charge is 2.19. The summed E-state index contributed by atoms with van der Waals surface area (Å²) in [5.74, 6) is -0.891. The van der Waals surface area contributed by atoms with Crippen molar-refractivity contribution >= 4 is 17.9 Å². The molecule has 0 rings (SSSR count). The Morgan fingerprint density at radius 3 is 0.900 bits per heavy atom. The average Bonchev–Trinajstić information content (AvgIpc) is 3.36. The normalized spacial score (nSPS) is 12.7. The van der Waals surface area contributed by atoms with Crippen LogP contribution in [0.1, 0.15) is 284 Å². The van der Waals surface area contributed by atoms with Gasteiger partial charge in [-0.2, -0.15) is 0 Å². The van der Waals surface area contributed by atoms with E-state index in [9.17, 15) is 14.4 Å². The Morgan fingerprint density at radius 2 is 0.557 bits per heavy atom. The van der Waals surface area contributed by atoms with Gasteiger partial charge < -0.3 is 14.2 Å². The molecule has 0 saturated heterocycles. The molecule has 0 aliphatic rings. The summed E-state index contributed by atoms with van der Waals surface area (Å²) in [6.07, 6.45) is 76.1. The van der Waals surface area contributed by atoms with E-state index >= 15 is 0 Å². The van der Waals surface area contributed by atoms with E-state index in [-0.39, 0.29) is 31.1 Å². The minimum absolute atomic E-state index is 0.0783. The molecular weight excluding hydrogens is 865 g/mol. The van der Waals surface area contributed by atoms with Crippen LogP contribution in [0.4, 0.5) is 0 Å². The zero-order chi connectivity index (χ0) is 50.7. The number of carbonyl (C=O) groups excluding carboxylic acids is 3. The van der Waals surface area contributed by atoms with Crippen LogP contribution in [0.25, 0.3) is 0 Å². The number of hydrogen-bond donors (Lipinski definition) is 0. The van der Waals surface area contributed by atoms with Crippen LogP contribution in [0.15, 0.2) is 85.1 Å². The van der Waals surface area contributed by atoms with Crippen LogP contribution >= 0.6 is 0 Å². The second-order valence-electron chi connectivity index (χ2n) is 19.5.